The smallest absolute Gasteiger partial charge is 0.415 e. The van der Waals surface area contributed by atoms with Crippen molar-refractivity contribution in [1.82, 2.24) is 14.9 Å². The predicted molar refractivity (Wildman–Crippen MR) is 101 cm³/mol. The molecule has 1 aliphatic heterocycles. The number of aromatic nitrogens is 2. The third-order valence-electron chi connectivity index (χ3n) is 3.92. The van der Waals surface area contributed by atoms with Crippen LogP contribution >= 0.6 is 0 Å². The van der Waals surface area contributed by atoms with E-state index in [1.807, 2.05) is 51.1 Å². The predicted octanol–water partition coefficient (Wildman–Crippen LogP) is 3.61. The van der Waals surface area contributed by atoms with Crippen LogP contribution in [0.3, 0.4) is 0 Å². The molecule has 27 heavy (non-hydrogen) atoms. The lowest BCUT2D eigenvalue weighted by atomic mass is 9.94. The van der Waals surface area contributed by atoms with Gasteiger partial charge in [0.05, 0.1) is 32.2 Å². The summed E-state index contributed by atoms with van der Waals surface area (Å²) in [6.45, 7) is 5.94. The zero-order valence-electron chi connectivity index (χ0n) is 16.1. The molecule has 7 nitrogen and oxygen atoms in total. The molecule has 0 radical (unpaired) electrons. The largest absolute Gasteiger partial charge is 0.481 e. The van der Waals surface area contributed by atoms with E-state index in [9.17, 15) is 4.79 Å². The van der Waals surface area contributed by atoms with Crippen LogP contribution in [-0.2, 0) is 4.74 Å². The number of rotatable bonds is 4. The number of hydrogen-bond acceptors (Lipinski definition) is 6. The second kappa shape index (κ2) is 7.26. The summed E-state index contributed by atoms with van der Waals surface area (Å²) in [5, 5.41) is 0. The Kier molecular flexibility index (Phi) is 5.03. The highest BCUT2D eigenvalue weighted by Gasteiger charge is 2.37. The summed E-state index contributed by atoms with van der Waals surface area (Å²) in [5.74, 6) is 0.354. The summed E-state index contributed by atoms with van der Waals surface area (Å²) in [6, 6.07) is 11.7. The number of carbonyl (C=O) groups excluding carboxylic acids is 1. The van der Waals surface area contributed by atoms with Crippen LogP contribution in [0, 0.1) is 0 Å². The Labute approximate surface area is 158 Å². The van der Waals surface area contributed by atoms with Crippen molar-refractivity contribution in [2.45, 2.75) is 26.4 Å². The first-order valence-corrected chi connectivity index (χ1v) is 8.59. The Balaban J connectivity index is 2.08. The molecule has 1 amide bonds. The normalized spacial score (nSPS) is 13.9. The van der Waals surface area contributed by atoms with Crippen molar-refractivity contribution in [3.63, 3.8) is 0 Å². The highest BCUT2D eigenvalue weighted by Crippen LogP contribution is 2.40. The van der Waals surface area contributed by atoms with Gasteiger partial charge in [-0.3, -0.25) is 4.90 Å². The van der Waals surface area contributed by atoms with Gasteiger partial charge in [0.25, 0.3) is 0 Å². The van der Waals surface area contributed by atoms with E-state index in [1.165, 1.54) is 14.2 Å². The Morgan fingerprint density at radius 3 is 2.37 bits per heavy atom. The van der Waals surface area contributed by atoms with Crippen molar-refractivity contribution < 1.29 is 19.0 Å². The second-order valence-electron chi connectivity index (χ2n) is 7.04. The SMILES string of the molecule is COc1cc(C2=C(c3ccccc3)CN2C(=O)OC(C)(C)C)nc(OC)n1. The van der Waals surface area contributed by atoms with Gasteiger partial charge < -0.3 is 14.2 Å². The van der Waals surface area contributed by atoms with Gasteiger partial charge in [-0.2, -0.15) is 9.97 Å². The summed E-state index contributed by atoms with van der Waals surface area (Å²) in [5.41, 5.74) is 2.61. The van der Waals surface area contributed by atoms with Crippen LogP contribution in [0.1, 0.15) is 32.0 Å². The first-order valence-electron chi connectivity index (χ1n) is 8.59. The molecule has 1 aromatic heterocycles. The zero-order chi connectivity index (χ0) is 19.6. The maximum atomic E-state index is 12.7. The Morgan fingerprint density at radius 1 is 1.07 bits per heavy atom. The molecular weight excluding hydrogens is 346 g/mol. The van der Waals surface area contributed by atoms with E-state index in [2.05, 4.69) is 9.97 Å². The van der Waals surface area contributed by atoms with Gasteiger partial charge >= 0.3 is 12.1 Å². The lowest BCUT2D eigenvalue weighted by Crippen LogP contribution is -2.42. The number of ether oxygens (including phenoxy) is 3. The van der Waals surface area contributed by atoms with E-state index in [0.29, 0.717) is 23.8 Å². The van der Waals surface area contributed by atoms with Crippen LogP contribution in [0.4, 0.5) is 4.79 Å². The molecule has 2 heterocycles. The maximum absolute atomic E-state index is 12.7. The van der Waals surface area contributed by atoms with E-state index in [1.54, 1.807) is 11.0 Å². The topological polar surface area (TPSA) is 73.8 Å². The summed E-state index contributed by atoms with van der Waals surface area (Å²) >= 11 is 0. The average molecular weight is 369 g/mol. The van der Waals surface area contributed by atoms with Crippen molar-refractivity contribution in [1.29, 1.82) is 0 Å². The third kappa shape index (κ3) is 4.02. The fraction of sp³-hybridized carbons (Fsp3) is 0.350. The van der Waals surface area contributed by atoms with E-state index >= 15 is 0 Å². The van der Waals surface area contributed by atoms with Gasteiger partial charge in [0.2, 0.25) is 5.88 Å². The molecule has 1 aromatic carbocycles. The molecule has 2 aromatic rings. The lowest BCUT2D eigenvalue weighted by Gasteiger charge is -2.38. The molecule has 0 bridgehead atoms. The fourth-order valence-electron chi connectivity index (χ4n) is 2.74. The third-order valence-corrected chi connectivity index (χ3v) is 3.92. The molecule has 0 saturated carbocycles. The molecule has 7 heteroatoms. The maximum Gasteiger partial charge on any atom is 0.415 e. The summed E-state index contributed by atoms with van der Waals surface area (Å²) in [6.07, 6.45) is -0.422. The van der Waals surface area contributed by atoms with E-state index in [4.69, 9.17) is 14.2 Å². The van der Waals surface area contributed by atoms with Gasteiger partial charge in [0.15, 0.2) is 0 Å². The van der Waals surface area contributed by atoms with Crippen LogP contribution < -0.4 is 9.47 Å². The number of benzene rings is 1. The number of nitrogens with zero attached hydrogens (tertiary/aromatic N) is 3. The number of carbonyl (C=O) groups is 1. The molecule has 3 rings (SSSR count). The van der Waals surface area contributed by atoms with Crippen molar-refractivity contribution >= 4 is 17.4 Å². The Bertz CT molecular complexity index is 850. The first kappa shape index (κ1) is 18.7. The molecule has 0 fully saturated rings. The van der Waals surface area contributed by atoms with Gasteiger partial charge in [0.1, 0.15) is 5.60 Å². The van der Waals surface area contributed by atoms with E-state index in [0.717, 1.165) is 11.1 Å². The molecule has 0 unspecified atom stereocenters. The number of amides is 1. The van der Waals surface area contributed by atoms with E-state index < -0.39 is 11.7 Å². The van der Waals surface area contributed by atoms with Gasteiger partial charge in [-0.1, -0.05) is 30.3 Å². The summed E-state index contributed by atoms with van der Waals surface area (Å²) in [4.78, 5) is 22.8. The molecule has 0 atom stereocenters. The molecule has 142 valence electrons. The van der Waals surface area contributed by atoms with Crippen LogP contribution in [0.15, 0.2) is 36.4 Å². The Hall–Kier alpha value is -3.09. The van der Waals surface area contributed by atoms with Crippen molar-refractivity contribution in [2.24, 2.45) is 0 Å². The average Bonchev–Trinajstić information content (AvgIpc) is 2.60. The molecule has 0 N–H and O–H groups in total. The first-order chi connectivity index (χ1) is 12.8. The molecule has 1 aliphatic rings. The van der Waals surface area contributed by atoms with Gasteiger partial charge in [-0.05, 0) is 26.3 Å². The zero-order valence-corrected chi connectivity index (χ0v) is 16.1. The molecule has 0 aliphatic carbocycles. The van der Waals surface area contributed by atoms with Crippen LogP contribution in [0.5, 0.6) is 11.9 Å². The standard InChI is InChI=1S/C20H23N3O4/c1-20(2,3)27-19(24)23-12-14(13-9-7-6-8-10-13)17(23)15-11-16(25-4)22-18(21-15)26-5/h6-11H,12H2,1-5H3. The van der Waals surface area contributed by atoms with Crippen LogP contribution in [0.2, 0.25) is 0 Å². The van der Waals surface area contributed by atoms with Crippen molar-refractivity contribution in [2.75, 3.05) is 20.8 Å². The molecular formula is C20H23N3O4. The van der Waals surface area contributed by atoms with Gasteiger partial charge in [0, 0.05) is 11.6 Å². The molecule has 0 spiro atoms. The minimum absolute atomic E-state index is 0.167. The summed E-state index contributed by atoms with van der Waals surface area (Å²) < 4.78 is 16.0. The van der Waals surface area contributed by atoms with Crippen molar-refractivity contribution in [3.05, 3.63) is 47.7 Å². The van der Waals surface area contributed by atoms with Crippen molar-refractivity contribution in [3.8, 4) is 11.9 Å². The van der Waals surface area contributed by atoms with Gasteiger partial charge in [-0.25, -0.2) is 4.79 Å². The monoisotopic (exact) mass is 369 g/mol. The fourth-order valence-corrected chi connectivity index (χ4v) is 2.74. The van der Waals surface area contributed by atoms with Gasteiger partial charge in [-0.15, -0.1) is 0 Å². The quantitative estimate of drug-likeness (QED) is 0.820. The number of methoxy groups -OCH3 is 2. The summed E-state index contributed by atoms with van der Waals surface area (Å²) in [7, 11) is 3.00. The van der Waals surface area contributed by atoms with Crippen LogP contribution in [0.25, 0.3) is 11.3 Å². The minimum Gasteiger partial charge on any atom is -0.481 e. The molecule has 0 saturated heterocycles. The lowest BCUT2D eigenvalue weighted by molar-refractivity contribution is 0.0354. The van der Waals surface area contributed by atoms with E-state index in [-0.39, 0.29) is 6.01 Å². The van der Waals surface area contributed by atoms with Crippen LogP contribution in [-0.4, -0.2) is 47.3 Å². The highest BCUT2D eigenvalue weighted by atomic mass is 16.6. The number of hydrogen-bond donors (Lipinski definition) is 0. The minimum atomic E-state index is -0.592. The second-order valence-corrected chi connectivity index (χ2v) is 7.04. The highest BCUT2D eigenvalue weighted by molar-refractivity contribution is 6.03. The Morgan fingerprint density at radius 2 is 1.78 bits per heavy atom.